The molecule has 148 valence electrons. The number of rotatable bonds is 3. The van der Waals surface area contributed by atoms with Crippen molar-refractivity contribution in [1.29, 1.82) is 0 Å². The molecule has 2 amide bonds. The van der Waals surface area contributed by atoms with Gasteiger partial charge in [-0.15, -0.1) is 0 Å². The predicted octanol–water partition coefficient (Wildman–Crippen LogP) is 3.17. The lowest BCUT2D eigenvalue weighted by Gasteiger charge is -2.28. The summed E-state index contributed by atoms with van der Waals surface area (Å²) in [5, 5.41) is 2.82. The summed E-state index contributed by atoms with van der Waals surface area (Å²) in [6.45, 7) is 0.597. The molecular formula is C21H19FN4O3. The number of ether oxygens (including phenoxy) is 1. The molecule has 0 radical (unpaired) electrons. The fourth-order valence-electron chi connectivity index (χ4n) is 3.25. The minimum Gasteiger partial charge on any atom is -0.497 e. The number of H-pyrrole nitrogens is 1. The van der Waals surface area contributed by atoms with E-state index in [1.165, 1.54) is 12.1 Å². The molecule has 1 aliphatic rings. The molecule has 0 saturated carbocycles. The van der Waals surface area contributed by atoms with E-state index in [0.717, 1.165) is 0 Å². The first kappa shape index (κ1) is 18.7. The molecule has 2 heterocycles. The first-order chi connectivity index (χ1) is 14.0. The Morgan fingerprint density at radius 3 is 2.79 bits per heavy atom. The quantitative estimate of drug-likeness (QED) is 0.714. The standard InChI is InChI=1S/C21H19FN4O3/c1-29-16-4-2-3-15(11-16)23-21(28)26-10-9-18-17(12-26)20(27)25-19(24-18)13-5-7-14(22)8-6-13/h2-8,11H,9-10,12H2,1H3,(H,23,28)(H,24,25,27). The van der Waals surface area contributed by atoms with Gasteiger partial charge in [-0.05, 0) is 36.4 Å². The van der Waals surface area contributed by atoms with Crippen LogP contribution in [0.5, 0.6) is 5.75 Å². The summed E-state index contributed by atoms with van der Waals surface area (Å²) < 4.78 is 18.3. The maximum atomic E-state index is 13.1. The Bertz CT molecular complexity index is 1110. The van der Waals surface area contributed by atoms with Gasteiger partial charge in [0.25, 0.3) is 5.56 Å². The molecule has 7 nitrogen and oxygen atoms in total. The number of aromatic amines is 1. The number of halogens is 1. The number of urea groups is 1. The van der Waals surface area contributed by atoms with Crippen molar-refractivity contribution in [2.45, 2.75) is 13.0 Å². The van der Waals surface area contributed by atoms with Crippen LogP contribution < -0.4 is 15.6 Å². The molecule has 4 rings (SSSR count). The van der Waals surface area contributed by atoms with Crippen molar-refractivity contribution in [3.05, 3.63) is 76.0 Å². The number of anilines is 1. The summed E-state index contributed by atoms with van der Waals surface area (Å²) in [6.07, 6.45) is 0.457. The number of carbonyl (C=O) groups excluding carboxylic acids is 1. The molecule has 0 atom stereocenters. The van der Waals surface area contributed by atoms with Crippen molar-refractivity contribution in [1.82, 2.24) is 14.9 Å². The van der Waals surface area contributed by atoms with Crippen LogP contribution >= 0.6 is 0 Å². The van der Waals surface area contributed by atoms with Crippen molar-refractivity contribution in [3.63, 3.8) is 0 Å². The fourth-order valence-corrected chi connectivity index (χ4v) is 3.25. The molecule has 0 saturated heterocycles. The molecule has 0 unspecified atom stereocenters. The highest BCUT2D eigenvalue weighted by atomic mass is 19.1. The second-order valence-corrected chi connectivity index (χ2v) is 6.68. The summed E-state index contributed by atoms with van der Waals surface area (Å²) in [6, 6.07) is 12.5. The van der Waals surface area contributed by atoms with Gasteiger partial charge < -0.3 is 19.9 Å². The van der Waals surface area contributed by atoms with Crippen LogP contribution in [0.2, 0.25) is 0 Å². The number of methoxy groups -OCH3 is 1. The number of fused-ring (bicyclic) bond motifs is 1. The van der Waals surface area contributed by atoms with Gasteiger partial charge in [-0.3, -0.25) is 4.79 Å². The average molecular weight is 394 g/mol. The summed E-state index contributed by atoms with van der Waals surface area (Å²) in [5.41, 5.74) is 2.05. The highest BCUT2D eigenvalue weighted by Crippen LogP contribution is 2.21. The highest BCUT2D eigenvalue weighted by Gasteiger charge is 2.25. The number of amides is 2. The van der Waals surface area contributed by atoms with Crippen molar-refractivity contribution < 1.29 is 13.9 Å². The average Bonchev–Trinajstić information content (AvgIpc) is 2.74. The van der Waals surface area contributed by atoms with E-state index in [9.17, 15) is 14.0 Å². The molecule has 1 aromatic heterocycles. The predicted molar refractivity (Wildman–Crippen MR) is 106 cm³/mol. The van der Waals surface area contributed by atoms with Gasteiger partial charge in [-0.1, -0.05) is 6.07 Å². The normalized spacial score (nSPS) is 13.0. The maximum Gasteiger partial charge on any atom is 0.322 e. The number of hydrogen-bond acceptors (Lipinski definition) is 4. The maximum absolute atomic E-state index is 13.1. The van der Waals surface area contributed by atoms with Gasteiger partial charge in [-0.25, -0.2) is 14.2 Å². The largest absolute Gasteiger partial charge is 0.497 e. The van der Waals surface area contributed by atoms with Crippen LogP contribution in [0.25, 0.3) is 11.4 Å². The molecule has 29 heavy (non-hydrogen) atoms. The van der Waals surface area contributed by atoms with Gasteiger partial charge in [0, 0.05) is 30.3 Å². The second-order valence-electron chi connectivity index (χ2n) is 6.68. The number of nitrogens with zero attached hydrogens (tertiary/aromatic N) is 2. The molecule has 0 spiro atoms. The van der Waals surface area contributed by atoms with E-state index in [4.69, 9.17) is 4.74 Å². The van der Waals surface area contributed by atoms with Crippen LogP contribution in [0.15, 0.2) is 53.3 Å². The SMILES string of the molecule is COc1cccc(NC(=O)N2CCc3nc(-c4ccc(F)cc4)[nH]c(=O)c3C2)c1. The summed E-state index contributed by atoms with van der Waals surface area (Å²) in [7, 11) is 1.56. The Balaban J connectivity index is 1.53. The zero-order valence-corrected chi connectivity index (χ0v) is 15.7. The van der Waals surface area contributed by atoms with E-state index in [2.05, 4.69) is 15.3 Å². The molecular weight excluding hydrogens is 375 g/mol. The summed E-state index contributed by atoms with van der Waals surface area (Å²) >= 11 is 0. The van der Waals surface area contributed by atoms with Gasteiger partial charge in [0.05, 0.1) is 24.9 Å². The number of nitrogens with one attached hydrogen (secondary N) is 2. The van der Waals surface area contributed by atoms with Crippen LogP contribution in [-0.2, 0) is 13.0 Å². The second kappa shape index (κ2) is 7.75. The first-order valence-electron chi connectivity index (χ1n) is 9.11. The van der Waals surface area contributed by atoms with E-state index in [0.29, 0.717) is 47.0 Å². The topological polar surface area (TPSA) is 87.3 Å². The monoisotopic (exact) mass is 394 g/mol. The Morgan fingerprint density at radius 1 is 1.24 bits per heavy atom. The zero-order valence-electron chi connectivity index (χ0n) is 15.7. The van der Waals surface area contributed by atoms with Gasteiger partial charge in [0.15, 0.2) is 0 Å². The molecule has 0 fully saturated rings. The van der Waals surface area contributed by atoms with Crippen molar-refractivity contribution in [3.8, 4) is 17.1 Å². The third kappa shape index (κ3) is 3.96. The smallest absolute Gasteiger partial charge is 0.322 e. The Morgan fingerprint density at radius 2 is 2.03 bits per heavy atom. The lowest BCUT2D eigenvalue weighted by atomic mass is 10.1. The van der Waals surface area contributed by atoms with Crippen molar-refractivity contribution in [2.24, 2.45) is 0 Å². The van der Waals surface area contributed by atoms with E-state index < -0.39 is 0 Å². The number of benzene rings is 2. The molecule has 0 bridgehead atoms. The van der Waals surface area contributed by atoms with Crippen LogP contribution in [0.4, 0.5) is 14.9 Å². The van der Waals surface area contributed by atoms with Crippen molar-refractivity contribution >= 4 is 11.7 Å². The zero-order chi connectivity index (χ0) is 20.4. The number of carbonyl (C=O) groups is 1. The summed E-state index contributed by atoms with van der Waals surface area (Å²) in [4.78, 5) is 34.0. The molecule has 1 aliphatic heterocycles. The molecule has 2 N–H and O–H groups in total. The number of hydrogen-bond donors (Lipinski definition) is 2. The lowest BCUT2D eigenvalue weighted by molar-refractivity contribution is 0.205. The fraction of sp³-hybridized carbons (Fsp3) is 0.190. The van der Waals surface area contributed by atoms with Gasteiger partial charge >= 0.3 is 6.03 Å². The van der Waals surface area contributed by atoms with Gasteiger partial charge in [-0.2, -0.15) is 0 Å². The minimum absolute atomic E-state index is 0.164. The first-order valence-corrected chi connectivity index (χ1v) is 9.11. The highest BCUT2D eigenvalue weighted by molar-refractivity contribution is 5.89. The van der Waals surface area contributed by atoms with E-state index in [1.54, 1.807) is 48.4 Å². The Hall–Kier alpha value is -3.68. The van der Waals surface area contributed by atoms with E-state index in [1.807, 2.05) is 0 Å². The van der Waals surface area contributed by atoms with Crippen LogP contribution in [0.1, 0.15) is 11.3 Å². The number of aromatic nitrogens is 2. The van der Waals surface area contributed by atoms with E-state index in [-0.39, 0.29) is 24.0 Å². The molecule has 0 aliphatic carbocycles. The molecule has 3 aromatic rings. The lowest BCUT2D eigenvalue weighted by Crippen LogP contribution is -2.41. The van der Waals surface area contributed by atoms with Crippen LogP contribution in [0.3, 0.4) is 0 Å². The Kier molecular flexibility index (Phi) is 4.99. The van der Waals surface area contributed by atoms with E-state index >= 15 is 0 Å². The van der Waals surface area contributed by atoms with Gasteiger partial charge in [0.2, 0.25) is 0 Å². The third-order valence-corrected chi connectivity index (χ3v) is 4.79. The molecule has 2 aromatic carbocycles. The van der Waals surface area contributed by atoms with Crippen LogP contribution in [-0.4, -0.2) is 34.6 Å². The van der Waals surface area contributed by atoms with Gasteiger partial charge in [0.1, 0.15) is 17.4 Å². The summed E-state index contributed by atoms with van der Waals surface area (Å²) in [5.74, 6) is 0.676. The third-order valence-electron chi connectivity index (χ3n) is 4.79. The minimum atomic E-state index is -0.355. The Labute approximate surface area is 166 Å². The van der Waals surface area contributed by atoms with Crippen molar-refractivity contribution in [2.75, 3.05) is 19.0 Å². The molecule has 8 heteroatoms. The van der Waals surface area contributed by atoms with Crippen LogP contribution in [0, 0.1) is 5.82 Å².